The van der Waals surface area contributed by atoms with Gasteiger partial charge in [0, 0.05) is 0 Å². The van der Waals surface area contributed by atoms with E-state index in [4.69, 9.17) is 9.47 Å². The number of hydrogen-bond donors (Lipinski definition) is 1. The largest absolute Gasteiger partial charge is 0.491 e. The van der Waals surface area contributed by atoms with Gasteiger partial charge >= 0.3 is 0 Å². The first-order valence-electron chi connectivity index (χ1n) is 8.70. The van der Waals surface area contributed by atoms with Gasteiger partial charge in [-0.2, -0.15) is 0 Å². The van der Waals surface area contributed by atoms with Gasteiger partial charge in [-0.05, 0) is 41.7 Å². The van der Waals surface area contributed by atoms with Crippen LogP contribution in [0.1, 0.15) is 39.2 Å². The first-order valence-corrected chi connectivity index (χ1v) is 8.70. The van der Waals surface area contributed by atoms with Crippen molar-refractivity contribution < 1.29 is 14.3 Å². The molecule has 2 aromatic carbocycles. The fourth-order valence-electron chi connectivity index (χ4n) is 2.24. The van der Waals surface area contributed by atoms with Crippen molar-refractivity contribution in [2.45, 2.75) is 33.6 Å². The van der Waals surface area contributed by atoms with E-state index < -0.39 is 0 Å². The molecule has 0 unspecified atom stereocenters. The molecule has 1 N–H and O–H groups in total. The summed E-state index contributed by atoms with van der Waals surface area (Å²) in [5.41, 5.74) is 1.90. The molecule has 0 aromatic heterocycles. The summed E-state index contributed by atoms with van der Waals surface area (Å²) in [6, 6.07) is 15.3. The zero-order valence-corrected chi connectivity index (χ0v) is 15.4. The molecule has 4 nitrogen and oxygen atoms in total. The van der Waals surface area contributed by atoms with E-state index in [2.05, 4.69) is 33.0 Å². The lowest BCUT2D eigenvalue weighted by molar-refractivity contribution is -0.118. The summed E-state index contributed by atoms with van der Waals surface area (Å²) < 4.78 is 11.3. The maximum atomic E-state index is 12.2. The van der Waals surface area contributed by atoms with Gasteiger partial charge in [0.1, 0.15) is 11.5 Å². The SMILES string of the molecule is CC(C)COc1ccccc1NC(=O)COc1ccc(C(C)C)cc1. The van der Waals surface area contributed by atoms with E-state index in [0.717, 1.165) is 0 Å². The molecule has 0 aliphatic rings. The van der Waals surface area contributed by atoms with Crippen LogP contribution in [-0.4, -0.2) is 19.1 Å². The Labute approximate surface area is 150 Å². The summed E-state index contributed by atoms with van der Waals surface area (Å²) in [5, 5.41) is 2.85. The van der Waals surface area contributed by atoms with Crippen LogP contribution in [0.15, 0.2) is 48.5 Å². The van der Waals surface area contributed by atoms with Crippen LogP contribution in [0, 0.1) is 5.92 Å². The fraction of sp³-hybridized carbons (Fsp3) is 0.381. The van der Waals surface area contributed by atoms with Gasteiger partial charge in [-0.3, -0.25) is 4.79 Å². The molecule has 0 bridgehead atoms. The van der Waals surface area contributed by atoms with E-state index in [1.54, 1.807) is 0 Å². The lowest BCUT2D eigenvalue weighted by atomic mass is 10.0. The van der Waals surface area contributed by atoms with Crippen LogP contribution in [0.2, 0.25) is 0 Å². The third-order valence-corrected chi connectivity index (χ3v) is 3.65. The molecule has 134 valence electrons. The first-order chi connectivity index (χ1) is 12.0. The Bertz CT molecular complexity index is 678. The summed E-state index contributed by atoms with van der Waals surface area (Å²) in [5.74, 6) is 2.03. The number of amides is 1. The molecule has 0 saturated carbocycles. The molecule has 0 aliphatic heterocycles. The van der Waals surface area contributed by atoms with Gasteiger partial charge in [0.25, 0.3) is 5.91 Å². The molecular formula is C21H27NO3. The molecule has 0 spiro atoms. The lowest BCUT2D eigenvalue weighted by Gasteiger charge is -2.14. The van der Waals surface area contributed by atoms with Crippen LogP contribution in [0.5, 0.6) is 11.5 Å². The van der Waals surface area contributed by atoms with E-state index in [1.807, 2.05) is 48.5 Å². The highest BCUT2D eigenvalue weighted by molar-refractivity contribution is 5.93. The lowest BCUT2D eigenvalue weighted by Crippen LogP contribution is -2.20. The van der Waals surface area contributed by atoms with Crippen LogP contribution in [-0.2, 0) is 4.79 Å². The van der Waals surface area contributed by atoms with Crippen LogP contribution in [0.25, 0.3) is 0 Å². The summed E-state index contributed by atoms with van der Waals surface area (Å²) in [6.45, 7) is 9.01. The second-order valence-corrected chi connectivity index (χ2v) is 6.76. The summed E-state index contributed by atoms with van der Waals surface area (Å²) >= 11 is 0. The standard InChI is InChI=1S/C21H27NO3/c1-15(2)13-25-20-8-6-5-7-19(20)22-21(23)14-24-18-11-9-17(10-12-18)16(3)4/h5-12,15-16H,13-14H2,1-4H3,(H,22,23). The average molecular weight is 341 g/mol. The molecule has 0 saturated heterocycles. The molecule has 0 atom stereocenters. The van der Waals surface area contributed by atoms with Crippen molar-refractivity contribution in [2.24, 2.45) is 5.92 Å². The molecule has 0 aliphatic carbocycles. The van der Waals surface area contributed by atoms with E-state index in [9.17, 15) is 4.79 Å². The van der Waals surface area contributed by atoms with Gasteiger partial charge in [-0.15, -0.1) is 0 Å². The Morgan fingerprint density at radius 1 is 0.960 bits per heavy atom. The summed E-state index contributed by atoms with van der Waals surface area (Å²) in [7, 11) is 0. The average Bonchev–Trinajstić information content (AvgIpc) is 2.59. The quantitative estimate of drug-likeness (QED) is 0.746. The van der Waals surface area contributed by atoms with Crippen LogP contribution in [0.3, 0.4) is 0 Å². The molecular weight excluding hydrogens is 314 g/mol. The van der Waals surface area contributed by atoms with Crippen molar-refractivity contribution in [3.8, 4) is 11.5 Å². The maximum Gasteiger partial charge on any atom is 0.262 e. The second-order valence-electron chi connectivity index (χ2n) is 6.76. The minimum Gasteiger partial charge on any atom is -0.491 e. The molecule has 2 rings (SSSR count). The number of carbonyl (C=O) groups is 1. The molecule has 2 aromatic rings. The van der Waals surface area contributed by atoms with Crippen molar-refractivity contribution in [1.29, 1.82) is 0 Å². The normalized spacial score (nSPS) is 10.8. The van der Waals surface area contributed by atoms with Gasteiger partial charge in [0.15, 0.2) is 6.61 Å². The summed E-state index contributed by atoms with van der Waals surface area (Å²) in [4.78, 5) is 12.2. The van der Waals surface area contributed by atoms with Crippen LogP contribution in [0.4, 0.5) is 5.69 Å². The fourth-order valence-corrected chi connectivity index (χ4v) is 2.24. The molecule has 0 radical (unpaired) electrons. The maximum absolute atomic E-state index is 12.2. The molecule has 0 fully saturated rings. The Hall–Kier alpha value is -2.49. The Morgan fingerprint density at radius 2 is 1.64 bits per heavy atom. The van der Waals surface area contributed by atoms with Crippen LogP contribution >= 0.6 is 0 Å². The number of ether oxygens (including phenoxy) is 2. The first kappa shape index (κ1) is 18.8. The smallest absolute Gasteiger partial charge is 0.262 e. The summed E-state index contributed by atoms with van der Waals surface area (Å²) in [6.07, 6.45) is 0. The highest BCUT2D eigenvalue weighted by Gasteiger charge is 2.09. The van der Waals surface area contributed by atoms with Crippen molar-refractivity contribution in [3.63, 3.8) is 0 Å². The molecule has 0 heterocycles. The minimum absolute atomic E-state index is 0.0421. The molecule has 1 amide bonds. The second kappa shape index (κ2) is 9.11. The predicted molar refractivity (Wildman–Crippen MR) is 101 cm³/mol. The van der Waals surface area contributed by atoms with Crippen molar-refractivity contribution >= 4 is 11.6 Å². The van der Waals surface area contributed by atoms with E-state index in [1.165, 1.54) is 5.56 Å². The van der Waals surface area contributed by atoms with Gasteiger partial charge in [0.2, 0.25) is 0 Å². The Balaban J connectivity index is 1.90. The number of benzene rings is 2. The highest BCUT2D eigenvalue weighted by Crippen LogP contribution is 2.24. The van der Waals surface area contributed by atoms with E-state index >= 15 is 0 Å². The van der Waals surface area contributed by atoms with Crippen LogP contribution < -0.4 is 14.8 Å². The zero-order valence-electron chi connectivity index (χ0n) is 15.4. The third kappa shape index (κ3) is 6.14. The van der Waals surface area contributed by atoms with Gasteiger partial charge in [0.05, 0.1) is 12.3 Å². The molecule has 4 heteroatoms. The number of carbonyl (C=O) groups excluding carboxylic acids is 1. The molecule has 25 heavy (non-hydrogen) atoms. The minimum atomic E-state index is -0.214. The number of anilines is 1. The number of nitrogens with one attached hydrogen (secondary N) is 1. The zero-order chi connectivity index (χ0) is 18.2. The third-order valence-electron chi connectivity index (χ3n) is 3.65. The van der Waals surface area contributed by atoms with Gasteiger partial charge in [-0.25, -0.2) is 0 Å². The topological polar surface area (TPSA) is 47.6 Å². The van der Waals surface area contributed by atoms with E-state index in [-0.39, 0.29) is 12.5 Å². The monoisotopic (exact) mass is 341 g/mol. The van der Waals surface area contributed by atoms with Crippen molar-refractivity contribution in [1.82, 2.24) is 0 Å². The number of hydrogen-bond acceptors (Lipinski definition) is 3. The van der Waals surface area contributed by atoms with Gasteiger partial charge < -0.3 is 14.8 Å². The van der Waals surface area contributed by atoms with E-state index in [0.29, 0.717) is 35.6 Å². The Kier molecular flexibility index (Phi) is 6.87. The number of rotatable bonds is 8. The predicted octanol–water partition coefficient (Wildman–Crippen LogP) is 4.86. The van der Waals surface area contributed by atoms with Gasteiger partial charge in [-0.1, -0.05) is 52.0 Å². The van der Waals surface area contributed by atoms with Crippen molar-refractivity contribution in [3.05, 3.63) is 54.1 Å². The Morgan fingerprint density at radius 3 is 2.28 bits per heavy atom. The van der Waals surface area contributed by atoms with Crippen molar-refractivity contribution in [2.75, 3.05) is 18.5 Å². The number of para-hydroxylation sites is 2. The highest BCUT2D eigenvalue weighted by atomic mass is 16.5.